The minimum atomic E-state index is 0. The minimum Gasteiger partial charge on any atom is -0.496 e. The quantitative estimate of drug-likeness (QED) is 0.400. The average Bonchev–Trinajstić information content (AvgIpc) is 3.10. The monoisotopic (exact) mass is 459 g/mol. The fourth-order valence-corrected chi connectivity index (χ4v) is 3.25. The molecule has 0 fully saturated rings. The molecule has 0 saturated carbocycles. The number of para-hydroxylation sites is 1. The van der Waals surface area contributed by atoms with Crippen LogP contribution in [0.2, 0.25) is 0 Å². The molecular formula is C18H26IN3OS. The fourth-order valence-electron chi connectivity index (χ4n) is 2.47. The third-order valence-corrected chi connectivity index (χ3v) is 4.55. The molecule has 0 spiro atoms. The van der Waals surface area contributed by atoms with Gasteiger partial charge in [-0.15, -0.1) is 24.0 Å². The van der Waals surface area contributed by atoms with Crippen molar-refractivity contribution in [3.8, 4) is 5.75 Å². The highest BCUT2D eigenvalue weighted by Gasteiger charge is 2.12. The number of aliphatic imine (C=N–C) groups is 1. The Morgan fingerprint density at radius 2 is 2.08 bits per heavy atom. The van der Waals surface area contributed by atoms with Crippen LogP contribution in [0.25, 0.3) is 0 Å². The lowest BCUT2D eigenvalue weighted by Gasteiger charge is -2.24. The SMILES string of the molecule is CN=C(NCC(C)c1ccsc1)N(C)Cc1ccccc1OC.I. The van der Waals surface area contributed by atoms with Crippen LogP contribution >= 0.6 is 35.3 Å². The summed E-state index contributed by atoms with van der Waals surface area (Å²) in [5.74, 6) is 2.25. The Morgan fingerprint density at radius 1 is 1.33 bits per heavy atom. The predicted octanol–water partition coefficient (Wildman–Crippen LogP) is 4.19. The molecule has 4 nitrogen and oxygen atoms in total. The number of hydrogen-bond acceptors (Lipinski definition) is 3. The predicted molar refractivity (Wildman–Crippen MR) is 114 cm³/mol. The molecule has 0 radical (unpaired) electrons. The summed E-state index contributed by atoms with van der Waals surface area (Å²) in [4.78, 5) is 6.50. The first-order valence-corrected chi connectivity index (χ1v) is 8.65. The van der Waals surface area contributed by atoms with E-state index in [0.717, 1.165) is 30.4 Å². The number of guanidine groups is 1. The van der Waals surface area contributed by atoms with Gasteiger partial charge in [-0.1, -0.05) is 25.1 Å². The molecular weight excluding hydrogens is 433 g/mol. The Balaban J connectivity index is 0.00000288. The van der Waals surface area contributed by atoms with Crippen molar-refractivity contribution in [1.82, 2.24) is 10.2 Å². The van der Waals surface area contributed by atoms with Crippen molar-refractivity contribution in [3.05, 3.63) is 52.2 Å². The summed E-state index contributed by atoms with van der Waals surface area (Å²) in [6.07, 6.45) is 0. The summed E-state index contributed by atoms with van der Waals surface area (Å²) in [6.45, 7) is 3.83. The van der Waals surface area contributed by atoms with Crippen molar-refractivity contribution < 1.29 is 4.74 Å². The van der Waals surface area contributed by atoms with Crippen molar-refractivity contribution in [2.45, 2.75) is 19.4 Å². The highest BCUT2D eigenvalue weighted by molar-refractivity contribution is 14.0. The lowest BCUT2D eigenvalue weighted by molar-refractivity contribution is 0.396. The maximum atomic E-state index is 5.42. The van der Waals surface area contributed by atoms with E-state index in [9.17, 15) is 0 Å². The summed E-state index contributed by atoms with van der Waals surface area (Å²) in [5.41, 5.74) is 2.51. The minimum absolute atomic E-state index is 0. The third-order valence-electron chi connectivity index (χ3n) is 3.85. The molecule has 0 saturated heterocycles. The molecule has 0 aliphatic rings. The Labute approximate surface area is 166 Å². The van der Waals surface area contributed by atoms with Gasteiger partial charge in [-0.2, -0.15) is 11.3 Å². The number of ether oxygens (including phenoxy) is 1. The van der Waals surface area contributed by atoms with Gasteiger partial charge in [0.15, 0.2) is 5.96 Å². The highest BCUT2D eigenvalue weighted by Crippen LogP contribution is 2.19. The highest BCUT2D eigenvalue weighted by atomic mass is 127. The van der Waals surface area contributed by atoms with Gasteiger partial charge in [0.25, 0.3) is 0 Å². The van der Waals surface area contributed by atoms with Gasteiger partial charge >= 0.3 is 0 Å². The summed E-state index contributed by atoms with van der Waals surface area (Å²) in [7, 11) is 5.56. The number of methoxy groups -OCH3 is 1. The van der Waals surface area contributed by atoms with Crippen LogP contribution in [0.4, 0.5) is 0 Å². The molecule has 132 valence electrons. The first-order valence-electron chi connectivity index (χ1n) is 7.71. The van der Waals surface area contributed by atoms with E-state index in [1.54, 1.807) is 18.4 Å². The van der Waals surface area contributed by atoms with Crippen molar-refractivity contribution in [2.75, 3.05) is 27.7 Å². The standard InChI is InChI=1S/C18H25N3OS.HI/c1-14(16-9-10-23-13-16)11-20-18(19-2)21(3)12-15-7-5-6-8-17(15)22-4;/h5-10,13-14H,11-12H2,1-4H3,(H,19,20);1H. The van der Waals surface area contributed by atoms with Crippen molar-refractivity contribution in [3.63, 3.8) is 0 Å². The summed E-state index contributed by atoms with van der Waals surface area (Å²) >= 11 is 1.74. The lowest BCUT2D eigenvalue weighted by Crippen LogP contribution is -2.40. The largest absolute Gasteiger partial charge is 0.496 e. The van der Waals surface area contributed by atoms with Crippen LogP contribution in [0.5, 0.6) is 5.75 Å². The van der Waals surface area contributed by atoms with Crippen molar-refractivity contribution >= 4 is 41.3 Å². The number of halogens is 1. The Morgan fingerprint density at radius 3 is 2.71 bits per heavy atom. The molecule has 0 amide bonds. The van der Waals surface area contributed by atoms with Gasteiger partial charge in [-0.3, -0.25) is 4.99 Å². The number of rotatable bonds is 6. The number of benzene rings is 1. The van der Waals surface area contributed by atoms with E-state index in [4.69, 9.17) is 4.74 Å². The molecule has 0 aliphatic carbocycles. The van der Waals surface area contributed by atoms with Crippen molar-refractivity contribution in [2.24, 2.45) is 4.99 Å². The van der Waals surface area contributed by atoms with Gasteiger partial charge in [-0.25, -0.2) is 0 Å². The maximum absolute atomic E-state index is 5.42. The molecule has 2 aromatic rings. The molecule has 1 aromatic heterocycles. The maximum Gasteiger partial charge on any atom is 0.193 e. The molecule has 0 bridgehead atoms. The van der Waals surface area contributed by atoms with E-state index in [-0.39, 0.29) is 24.0 Å². The molecule has 2 rings (SSSR count). The van der Waals surface area contributed by atoms with Gasteiger partial charge in [0.05, 0.1) is 7.11 Å². The summed E-state index contributed by atoms with van der Waals surface area (Å²) in [5, 5.41) is 7.78. The van der Waals surface area contributed by atoms with Crippen LogP contribution in [0.1, 0.15) is 24.0 Å². The van der Waals surface area contributed by atoms with Crippen LogP contribution in [0, 0.1) is 0 Å². The molecule has 1 atom stereocenters. The topological polar surface area (TPSA) is 36.9 Å². The van der Waals surface area contributed by atoms with E-state index in [2.05, 4.69) is 45.0 Å². The number of nitrogens with zero attached hydrogens (tertiary/aromatic N) is 2. The molecule has 6 heteroatoms. The van der Waals surface area contributed by atoms with E-state index in [1.807, 2.05) is 32.3 Å². The van der Waals surface area contributed by atoms with Crippen LogP contribution in [0.3, 0.4) is 0 Å². The van der Waals surface area contributed by atoms with Crippen LogP contribution in [-0.2, 0) is 6.54 Å². The lowest BCUT2D eigenvalue weighted by atomic mass is 10.1. The zero-order valence-corrected chi connectivity index (χ0v) is 17.8. The van der Waals surface area contributed by atoms with Gasteiger partial charge in [0.2, 0.25) is 0 Å². The Hall–Kier alpha value is -1.28. The second kappa shape index (κ2) is 10.6. The van der Waals surface area contributed by atoms with Crippen LogP contribution < -0.4 is 10.1 Å². The number of nitrogens with one attached hydrogen (secondary N) is 1. The second-order valence-electron chi connectivity index (χ2n) is 5.55. The second-order valence-corrected chi connectivity index (χ2v) is 6.33. The van der Waals surface area contributed by atoms with Crippen LogP contribution in [-0.4, -0.2) is 38.6 Å². The van der Waals surface area contributed by atoms with Crippen LogP contribution in [0.15, 0.2) is 46.1 Å². The average molecular weight is 459 g/mol. The Bertz CT molecular complexity index is 631. The zero-order chi connectivity index (χ0) is 16.7. The molecule has 1 unspecified atom stereocenters. The van der Waals surface area contributed by atoms with Gasteiger partial charge in [0, 0.05) is 32.7 Å². The van der Waals surface area contributed by atoms with Gasteiger partial charge in [-0.05, 0) is 34.4 Å². The van der Waals surface area contributed by atoms with E-state index < -0.39 is 0 Å². The van der Waals surface area contributed by atoms with Gasteiger partial charge < -0.3 is 15.0 Å². The van der Waals surface area contributed by atoms with E-state index in [0.29, 0.717) is 5.92 Å². The smallest absolute Gasteiger partial charge is 0.193 e. The molecule has 0 aliphatic heterocycles. The van der Waals surface area contributed by atoms with Crippen molar-refractivity contribution in [1.29, 1.82) is 0 Å². The zero-order valence-electron chi connectivity index (χ0n) is 14.7. The number of thiophene rings is 1. The molecule has 24 heavy (non-hydrogen) atoms. The van der Waals surface area contributed by atoms with E-state index in [1.165, 1.54) is 5.56 Å². The first-order chi connectivity index (χ1) is 11.2. The molecule has 1 aromatic carbocycles. The third kappa shape index (κ3) is 5.66. The number of hydrogen-bond donors (Lipinski definition) is 1. The summed E-state index contributed by atoms with van der Waals surface area (Å²) in [6, 6.07) is 10.3. The van der Waals surface area contributed by atoms with Gasteiger partial charge in [0.1, 0.15) is 5.75 Å². The molecule has 1 heterocycles. The first kappa shape index (κ1) is 20.8. The fraction of sp³-hybridized carbons (Fsp3) is 0.389. The summed E-state index contributed by atoms with van der Waals surface area (Å²) < 4.78 is 5.42. The Kier molecular flexibility index (Phi) is 9.13. The van der Waals surface area contributed by atoms with E-state index >= 15 is 0 Å². The normalized spacial score (nSPS) is 12.2. The molecule has 1 N–H and O–H groups in total.